The standard InChI is InChI=1S/C26H23F3N4O3/c1-30-25(35)19-12-15(4-5-20(19)29)18-3-2-8-31-24(18)22(11-14-9-16(27)13-17(28)10-14)33-26(36)21-6-7-23(34)32-21/h2-5,8-10,12-13,21-22H,6-7,11H2,1H3,(H,30,35)(H,32,34)(H,33,36)/t21-,22+/m1/s1. The van der Waals surface area contributed by atoms with Gasteiger partial charge in [0.15, 0.2) is 0 Å². The zero-order valence-corrected chi connectivity index (χ0v) is 19.3. The summed E-state index contributed by atoms with van der Waals surface area (Å²) < 4.78 is 42.1. The van der Waals surface area contributed by atoms with Crippen molar-refractivity contribution in [1.82, 2.24) is 20.9 Å². The lowest BCUT2D eigenvalue weighted by Gasteiger charge is -2.23. The maximum atomic E-state index is 14.3. The number of aromatic nitrogens is 1. The number of carbonyl (C=O) groups excluding carboxylic acids is 3. The molecule has 4 rings (SSSR count). The number of amides is 3. The second-order valence-corrected chi connectivity index (χ2v) is 8.41. The molecule has 0 bridgehead atoms. The second kappa shape index (κ2) is 10.6. The van der Waals surface area contributed by atoms with Gasteiger partial charge in [-0.1, -0.05) is 12.1 Å². The molecule has 3 N–H and O–H groups in total. The van der Waals surface area contributed by atoms with E-state index in [1.165, 1.54) is 25.4 Å². The van der Waals surface area contributed by atoms with Crippen molar-refractivity contribution >= 4 is 17.7 Å². The van der Waals surface area contributed by atoms with Crippen LogP contribution >= 0.6 is 0 Å². The highest BCUT2D eigenvalue weighted by Crippen LogP contribution is 2.30. The first-order chi connectivity index (χ1) is 17.2. The molecule has 0 aliphatic carbocycles. The summed E-state index contributed by atoms with van der Waals surface area (Å²) >= 11 is 0. The number of nitrogens with zero attached hydrogens (tertiary/aromatic N) is 1. The SMILES string of the molecule is CNC(=O)c1cc(-c2cccnc2[C@H](Cc2cc(F)cc(F)c2)NC(=O)[C@H]2CCC(=O)N2)ccc1F. The largest absolute Gasteiger partial charge is 0.355 e. The van der Waals surface area contributed by atoms with Gasteiger partial charge < -0.3 is 16.0 Å². The first-order valence-electron chi connectivity index (χ1n) is 11.3. The van der Waals surface area contributed by atoms with Gasteiger partial charge in [-0.3, -0.25) is 19.4 Å². The van der Waals surface area contributed by atoms with Gasteiger partial charge in [0, 0.05) is 31.3 Å². The summed E-state index contributed by atoms with van der Waals surface area (Å²) in [5.41, 5.74) is 1.38. The zero-order valence-electron chi connectivity index (χ0n) is 19.3. The molecule has 2 heterocycles. The maximum Gasteiger partial charge on any atom is 0.254 e. The summed E-state index contributed by atoms with van der Waals surface area (Å²) in [7, 11) is 1.38. The highest BCUT2D eigenvalue weighted by Gasteiger charge is 2.30. The fourth-order valence-corrected chi connectivity index (χ4v) is 4.20. The maximum absolute atomic E-state index is 14.3. The molecule has 3 aromatic rings. The van der Waals surface area contributed by atoms with Gasteiger partial charge in [0.05, 0.1) is 17.3 Å². The Morgan fingerprint density at radius 1 is 1.11 bits per heavy atom. The molecular formula is C26H23F3N4O3. The number of hydrogen-bond donors (Lipinski definition) is 3. The Morgan fingerprint density at radius 2 is 1.86 bits per heavy atom. The van der Waals surface area contributed by atoms with Gasteiger partial charge in [-0.2, -0.15) is 0 Å². The number of rotatable bonds is 7. The lowest BCUT2D eigenvalue weighted by Crippen LogP contribution is -2.43. The Hall–Kier alpha value is -4.21. The number of benzene rings is 2. The van der Waals surface area contributed by atoms with Gasteiger partial charge in [0.25, 0.3) is 5.91 Å². The van der Waals surface area contributed by atoms with Crippen LogP contribution in [-0.2, 0) is 16.0 Å². The van der Waals surface area contributed by atoms with Crippen LogP contribution in [0.15, 0.2) is 54.7 Å². The van der Waals surface area contributed by atoms with Gasteiger partial charge in [0.1, 0.15) is 23.5 Å². The lowest BCUT2D eigenvalue weighted by atomic mass is 9.94. The molecule has 1 aromatic heterocycles. The van der Waals surface area contributed by atoms with E-state index in [9.17, 15) is 27.6 Å². The zero-order chi connectivity index (χ0) is 25.8. The number of nitrogens with one attached hydrogen (secondary N) is 3. The molecule has 186 valence electrons. The molecule has 2 atom stereocenters. The van der Waals surface area contributed by atoms with Gasteiger partial charge in [-0.15, -0.1) is 0 Å². The molecule has 0 saturated carbocycles. The highest BCUT2D eigenvalue weighted by molar-refractivity contribution is 5.95. The van der Waals surface area contributed by atoms with E-state index >= 15 is 0 Å². The molecule has 10 heteroatoms. The monoisotopic (exact) mass is 496 g/mol. The van der Waals surface area contributed by atoms with Crippen LogP contribution in [-0.4, -0.2) is 35.8 Å². The molecule has 1 aliphatic rings. The summed E-state index contributed by atoms with van der Waals surface area (Å²) in [6.07, 6.45) is 2.00. The van der Waals surface area contributed by atoms with E-state index in [1.807, 2.05) is 0 Å². The van der Waals surface area contributed by atoms with Crippen molar-refractivity contribution in [3.05, 3.63) is 89.0 Å². The van der Waals surface area contributed by atoms with Crippen LogP contribution in [0.25, 0.3) is 11.1 Å². The quantitative estimate of drug-likeness (QED) is 0.468. The molecule has 36 heavy (non-hydrogen) atoms. The smallest absolute Gasteiger partial charge is 0.254 e. The van der Waals surface area contributed by atoms with Crippen molar-refractivity contribution in [2.75, 3.05) is 7.05 Å². The molecule has 3 amide bonds. The van der Waals surface area contributed by atoms with E-state index < -0.39 is 41.3 Å². The average molecular weight is 496 g/mol. The molecule has 7 nitrogen and oxygen atoms in total. The molecule has 0 unspecified atom stereocenters. The fourth-order valence-electron chi connectivity index (χ4n) is 4.20. The van der Waals surface area contributed by atoms with Crippen molar-refractivity contribution in [2.45, 2.75) is 31.3 Å². The van der Waals surface area contributed by atoms with E-state index in [4.69, 9.17) is 0 Å². The van der Waals surface area contributed by atoms with E-state index in [0.29, 0.717) is 23.2 Å². The topological polar surface area (TPSA) is 100 Å². The first kappa shape index (κ1) is 24.9. The third-order valence-corrected chi connectivity index (χ3v) is 5.91. The highest BCUT2D eigenvalue weighted by atomic mass is 19.1. The molecule has 0 spiro atoms. The number of hydrogen-bond acceptors (Lipinski definition) is 4. The van der Waals surface area contributed by atoms with E-state index in [0.717, 1.165) is 24.3 Å². The summed E-state index contributed by atoms with van der Waals surface area (Å²) in [6, 6.07) is 8.77. The number of carbonyl (C=O) groups is 3. The van der Waals surface area contributed by atoms with Gasteiger partial charge in [-0.25, -0.2) is 13.2 Å². The summed E-state index contributed by atoms with van der Waals surface area (Å²) in [5, 5.41) is 7.82. The first-order valence-corrected chi connectivity index (χ1v) is 11.3. The normalized spacial score (nSPS) is 15.8. The second-order valence-electron chi connectivity index (χ2n) is 8.41. The van der Waals surface area contributed by atoms with Crippen molar-refractivity contribution in [3.63, 3.8) is 0 Å². The number of halogens is 3. The van der Waals surface area contributed by atoms with Crippen molar-refractivity contribution < 1.29 is 27.6 Å². The van der Waals surface area contributed by atoms with E-state index in [1.54, 1.807) is 12.1 Å². The summed E-state index contributed by atoms with van der Waals surface area (Å²) in [5.74, 6) is -3.58. The van der Waals surface area contributed by atoms with E-state index in [-0.39, 0.29) is 29.9 Å². The van der Waals surface area contributed by atoms with Crippen LogP contribution < -0.4 is 16.0 Å². The van der Waals surface area contributed by atoms with Gasteiger partial charge in [-0.05, 0) is 54.3 Å². The Bertz CT molecular complexity index is 1310. The van der Waals surface area contributed by atoms with E-state index in [2.05, 4.69) is 20.9 Å². The molecular weight excluding hydrogens is 473 g/mol. The lowest BCUT2D eigenvalue weighted by molar-refractivity contribution is -0.126. The molecule has 1 fully saturated rings. The third kappa shape index (κ3) is 5.54. The number of pyridine rings is 1. The van der Waals surface area contributed by atoms with Crippen LogP contribution in [0, 0.1) is 17.5 Å². The third-order valence-electron chi connectivity index (χ3n) is 5.91. The predicted molar refractivity (Wildman–Crippen MR) is 125 cm³/mol. The van der Waals surface area contributed by atoms with Crippen molar-refractivity contribution in [3.8, 4) is 11.1 Å². The van der Waals surface area contributed by atoms with Crippen LogP contribution in [0.1, 0.15) is 40.5 Å². The Labute approximate surface area is 205 Å². The Kier molecular flexibility index (Phi) is 7.33. The van der Waals surface area contributed by atoms with Crippen molar-refractivity contribution in [1.29, 1.82) is 0 Å². The molecule has 1 aliphatic heterocycles. The van der Waals surface area contributed by atoms with Crippen LogP contribution in [0.2, 0.25) is 0 Å². The predicted octanol–water partition coefficient (Wildman–Crippen LogP) is 3.20. The fraction of sp³-hybridized carbons (Fsp3) is 0.231. The minimum Gasteiger partial charge on any atom is -0.355 e. The molecule has 1 saturated heterocycles. The Morgan fingerprint density at radius 3 is 2.53 bits per heavy atom. The van der Waals surface area contributed by atoms with Crippen LogP contribution in [0.3, 0.4) is 0 Å². The minimum absolute atomic E-state index is 0.0192. The van der Waals surface area contributed by atoms with Crippen LogP contribution in [0.4, 0.5) is 13.2 Å². The van der Waals surface area contributed by atoms with Crippen LogP contribution in [0.5, 0.6) is 0 Å². The summed E-state index contributed by atoms with van der Waals surface area (Å²) in [4.78, 5) is 41.1. The molecule has 0 radical (unpaired) electrons. The average Bonchev–Trinajstić information content (AvgIpc) is 3.29. The summed E-state index contributed by atoms with van der Waals surface area (Å²) in [6.45, 7) is 0. The minimum atomic E-state index is -0.860. The Balaban J connectivity index is 1.76. The van der Waals surface area contributed by atoms with Gasteiger partial charge >= 0.3 is 0 Å². The van der Waals surface area contributed by atoms with Gasteiger partial charge in [0.2, 0.25) is 11.8 Å². The van der Waals surface area contributed by atoms with Crippen molar-refractivity contribution in [2.24, 2.45) is 0 Å². The molecule has 2 aromatic carbocycles.